The minimum Gasteiger partial charge on any atom is -0.343 e. The number of benzene rings is 2. The molecule has 0 saturated carbocycles. The smallest absolute Gasteiger partial charge is 0.161 e. The second-order valence-electron chi connectivity index (χ2n) is 7.37. The Bertz CT molecular complexity index is 1100. The lowest BCUT2D eigenvalue weighted by atomic mass is 9.76. The van der Waals surface area contributed by atoms with E-state index in [4.69, 9.17) is 5.10 Å². The van der Waals surface area contributed by atoms with E-state index < -0.39 is 0 Å². The number of aryl methyl sites for hydroxylation is 1. The van der Waals surface area contributed by atoms with Gasteiger partial charge in [-0.25, -0.2) is 4.68 Å². The largest absolute Gasteiger partial charge is 0.343 e. The predicted molar refractivity (Wildman–Crippen MR) is 114 cm³/mol. The zero-order chi connectivity index (χ0) is 19.3. The van der Waals surface area contributed by atoms with Gasteiger partial charge in [0.1, 0.15) is 5.82 Å². The van der Waals surface area contributed by atoms with Crippen molar-refractivity contribution < 1.29 is 4.79 Å². The van der Waals surface area contributed by atoms with Gasteiger partial charge in [0.05, 0.1) is 11.4 Å². The Morgan fingerprint density at radius 2 is 1.82 bits per heavy atom. The number of rotatable bonds is 2. The second-order valence-corrected chi connectivity index (χ2v) is 8.29. The van der Waals surface area contributed by atoms with Crippen molar-refractivity contribution in [3.05, 3.63) is 87.2 Å². The van der Waals surface area contributed by atoms with Gasteiger partial charge in [-0.2, -0.15) is 5.10 Å². The minimum absolute atomic E-state index is 0.0791. The van der Waals surface area contributed by atoms with E-state index in [9.17, 15) is 4.79 Å². The molecule has 2 aliphatic rings. The standard InChI is InChI=1S/C23H20BrN3O/c1-14-20-21(15-10-12-16(24)13-11-15)22-18(8-5-9-19(22)28)25-23(20)27(26-14)17-6-3-2-4-7-17/h2-4,6-7,10-13,21,25H,5,8-9H2,1H3/t21-/m0/s1. The maximum Gasteiger partial charge on any atom is 0.161 e. The minimum atomic E-state index is -0.0791. The van der Waals surface area contributed by atoms with Crippen molar-refractivity contribution in [2.24, 2.45) is 0 Å². The topological polar surface area (TPSA) is 46.9 Å². The number of para-hydroxylation sites is 1. The molecule has 5 heteroatoms. The molecule has 1 aliphatic heterocycles. The summed E-state index contributed by atoms with van der Waals surface area (Å²) >= 11 is 3.52. The summed E-state index contributed by atoms with van der Waals surface area (Å²) in [5.74, 6) is 1.15. The third kappa shape index (κ3) is 2.73. The normalized spacial score (nSPS) is 18.5. The van der Waals surface area contributed by atoms with E-state index in [0.717, 1.165) is 56.9 Å². The van der Waals surface area contributed by atoms with E-state index >= 15 is 0 Å². The number of nitrogens with zero attached hydrogens (tertiary/aromatic N) is 2. The van der Waals surface area contributed by atoms with Crippen LogP contribution in [0.5, 0.6) is 0 Å². The van der Waals surface area contributed by atoms with Crippen LogP contribution < -0.4 is 5.32 Å². The number of ketones is 1. The maximum absolute atomic E-state index is 12.9. The van der Waals surface area contributed by atoms with Gasteiger partial charge >= 0.3 is 0 Å². The van der Waals surface area contributed by atoms with Crippen molar-refractivity contribution >= 4 is 27.5 Å². The van der Waals surface area contributed by atoms with E-state index in [2.05, 4.69) is 45.5 Å². The summed E-state index contributed by atoms with van der Waals surface area (Å²) < 4.78 is 3.01. The van der Waals surface area contributed by atoms with Gasteiger partial charge in [-0.3, -0.25) is 4.79 Å². The van der Waals surface area contributed by atoms with Gasteiger partial charge in [-0.15, -0.1) is 0 Å². The number of aromatic nitrogens is 2. The van der Waals surface area contributed by atoms with Gasteiger partial charge in [0.2, 0.25) is 0 Å². The fourth-order valence-corrected chi connectivity index (χ4v) is 4.63. The average molecular weight is 434 g/mol. The zero-order valence-corrected chi connectivity index (χ0v) is 17.2. The van der Waals surface area contributed by atoms with E-state index in [0.29, 0.717) is 6.42 Å². The number of halogens is 1. The Balaban J connectivity index is 1.75. The molecule has 1 N–H and O–H groups in total. The fraction of sp³-hybridized carbons (Fsp3) is 0.217. The van der Waals surface area contributed by atoms with E-state index in [1.54, 1.807) is 0 Å². The fourth-order valence-electron chi connectivity index (χ4n) is 4.37. The number of fused-ring (bicyclic) bond motifs is 1. The van der Waals surface area contributed by atoms with Gasteiger partial charge in [0, 0.05) is 33.6 Å². The number of carbonyl (C=O) groups excluding carboxylic acids is 1. The summed E-state index contributed by atoms with van der Waals surface area (Å²) in [7, 11) is 0. The molecule has 1 aliphatic carbocycles. The first kappa shape index (κ1) is 17.4. The Kier molecular flexibility index (Phi) is 4.20. The van der Waals surface area contributed by atoms with Crippen LogP contribution in [-0.2, 0) is 4.79 Å². The van der Waals surface area contributed by atoms with Gasteiger partial charge < -0.3 is 5.32 Å². The van der Waals surface area contributed by atoms with Crippen molar-refractivity contribution in [1.82, 2.24) is 9.78 Å². The van der Waals surface area contributed by atoms with Gasteiger partial charge in [0.25, 0.3) is 0 Å². The molecule has 140 valence electrons. The first-order chi connectivity index (χ1) is 13.6. The summed E-state index contributed by atoms with van der Waals surface area (Å²) in [5.41, 5.74) is 6.15. The average Bonchev–Trinajstić information content (AvgIpc) is 3.04. The maximum atomic E-state index is 12.9. The molecule has 5 rings (SSSR count). The monoisotopic (exact) mass is 433 g/mol. The molecule has 0 unspecified atom stereocenters. The number of carbonyl (C=O) groups is 1. The molecule has 28 heavy (non-hydrogen) atoms. The van der Waals surface area contributed by atoms with Gasteiger partial charge in [-0.1, -0.05) is 46.3 Å². The van der Waals surface area contributed by atoms with Crippen LogP contribution in [-0.4, -0.2) is 15.6 Å². The molecule has 0 bridgehead atoms. The van der Waals surface area contributed by atoms with Crippen molar-refractivity contribution in [3.8, 4) is 5.69 Å². The molecule has 1 aromatic heterocycles. The lowest BCUT2D eigenvalue weighted by Gasteiger charge is -2.33. The van der Waals surface area contributed by atoms with Crippen LogP contribution in [0.25, 0.3) is 5.69 Å². The van der Waals surface area contributed by atoms with Crippen molar-refractivity contribution in [1.29, 1.82) is 0 Å². The molecule has 4 nitrogen and oxygen atoms in total. The van der Waals surface area contributed by atoms with Crippen molar-refractivity contribution in [2.75, 3.05) is 5.32 Å². The van der Waals surface area contributed by atoms with E-state index in [-0.39, 0.29) is 11.7 Å². The number of allylic oxidation sites excluding steroid dienone is 2. The van der Waals surface area contributed by atoms with Gasteiger partial charge in [-0.05, 0) is 49.6 Å². The van der Waals surface area contributed by atoms with Crippen molar-refractivity contribution in [2.45, 2.75) is 32.1 Å². The Morgan fingerprint density at radius 3 is 2.57 bits per heavy atom. The first-order valence-corrected chi connectivity index (χ1v) is 10.4. The lowest BCUT2D eigenvalue weighted by Crippen LogP contribution is -2.27. The number of Topliss-reactive ketones (excluding diaryl/α,β-unsaturated/α-hetero) is 1. The number of anilines is 1. The molecular weight excluding hydrogens is 414 g/mol. The molecule has 1 atom stereocenters. The molecule has 0 spiro atoms. The molecule has 0 saturated heterocycles. The predicted octanol–water partition coefficient (Wildman–Crippen LogP) is 5.51. The molecule has 0 fully saturated rings. The first-order valence-electron chi connectivity index (χ1n) is 9.57. The van der Waals surface area contributed by atoms with E-state index in [1.807, 2.05) is 41.9 Å². The molecule has 3 aromatic rings. The summed E-state index contributed by atoms with van der Waals surface area (Å²) in [6.07, 6.45) is 2.41. The van der Waals surface area contributed by atoms with E-state index in [1.165, 1.54) is 0 Å². The van der Waals surface area contributed by atoms with Gasteiger partial charge in [0.15, 0.2) is 5.78 Å². The summed E-state index contributed by atoms with van der Waals surface area (Å²) in [5, 5.41) is 8.42. The summed E-state index contributed by atoms with van der Waals surface area (Å²) in [4.78, 5) is 12.9. The SMILES string of the molecule is Cc1nn(-c2ccccc2)c2c1[C@H](c1ccc(Br)cc1)C1=C(CCCC1=O)N2. The molecule has 2 aromatic carbocycles. The Labute approximate surface area is 172 Å². The Morgan fingerprint density at radius 1 is 1.07 bits per heavy atom. The molecule has 0 amide bonds. The highest BCUT2D eigenvalue weighted by Gasteiger charge is 2.38. The second kappa shape index (κ2) is 6.74. The quantitative estimate of drug-likeness (QED) is 0.579. The van der Waals surface area contributed by atoms with Crippen LogP contribution in [0.2, 0.25) is 0 Å². The molecule has 2 heterocycles. The van der Waals surface area contributed by atoms with Crippen LogP contribution >= 0.6 is 15.9 Å². The van der Waals surface area contributed by atoms with Crippen LogP contribution in [0.4, 0.5) is 5.82 Å². The summed E-state index contributed by atoms with van der Waals surface area (Å²) in [6.45, 7) is 2.03. The molecular formula is C23H20BrN3O. The number of hydrogen-bond donors (Lipinski definition) is 1. The van der Waals surface area contributed by atoms with Crippen molar-refractivity contribution in [3.63, 3.8) is 0 Å². The highest BCUT2D eigenvalue weighted by molar-refractivity contribution is 9.10. The molecule has 0 radical (unpaired) electrons. The zero-order valence-electron chi connectivity index (χ0n) is 15.6. The van der Waals surface area contributed by atoms with Crippen LogP contribution in [0, 0.1) is 6.92 Å². The highest BCUT2D eigenvalue weighted by atomic mass is 79.9. The summed E-state index contributed by atoms with van der Waals surface area (Å²) in [6, 6.07) is 18.4. The number of hydrogen-bond acceptors (Lipinski definition) is 3. The van der Waals surface area contributed by atoms with Crippen LogP contribution in [0.3, 0.4) is 0 Å². The van der Waals surface area contributed by atoms with Crippen LogP contribution in [0.15, 0.2) is 70.3 Å². The number of nitrogens with one attached hydrogen (secondary N) is 1. The highest BCUT2D eigenvalue weighted by Crippen LogP contribution is 2.47. The third-order valence-corrected chi connectivity index (χ3v) is 6.14. The van der Waals surface area contributed by atoms with Crippen LogP contribution in [0.1, 0.15) is 42.0 Å². The third-order valence-electron chi connectivity index (χ3n) is 5.61. The Hall–Kier alpha value is -2.66. The lowest BCUT2D eigenvalue weighted by molar-refractivity contribution is -0.116.